The van der Waals surface area contributed by atoms with E-state index in [0.717, 1.165) is 0 Å². The molecule has 1 heterocycles. The molecule has 0 saturated heterocycles. The van der Waals surface area contributed by atoms with Gasteiger partial charge in [-0.3, -0.25) is 9.48 Å². The molecule has 0 atom stereocenters. The van der Waals surface area contributed by atoms with Gasteiger partial charge in [0.05, 0.1) is 25.0 Å². The Kier molecular flexibility index (Phi) is 4.62. The number of nitrogens with one attached hydrogen (secondary N) is 1. The first-order valence-corrected chi connectivity index (χ1v) is 4.76. The second-order valence-corrected chi connectivity index (χ2v) is 3.13. The number of hydrogen-bond donors (Lipinski definition) is 2. The molecule has 0 fully saturated rings. The van der Waals surface area contributed by atoms with Gasteiger partial charge >= 0.3 is 0 Å². The van der Waals surface area contributed by atoms with Crippen molar-refractivity contribution in [3.05, 3.63) is 12.4 Å². The van der Waals surface area contributed by atoms with Crippen LogP contribution in [0.2, 0.25) is 0 Å². The van der Waals surface area contributed by atoms with Crippen molar-refractivity contribution in [3.63, 3.8) is 0 Å². The summed E-state index contributed by atoms with van der Waals surface area (Å²) in [4.78, 5) is 11.2. The topological polar surface area (TPSA) is 82.2 Å². The molecule has 0 saturated carbocycles. The van der Waals surface area contributed by atoms with Gasteiger partial charge < -0.3 is 15.8 Å². The Hall–Kier alpha value is -1.56. The number of carbonyl (C=O) groups is 1. The standard InChI is InChI=1S/C9H16N4O2/c1-15-5-2-9(14)11-3-4-13-7-8(10)6-12-13/h6-7H,2-5,10H2,1H3,(H,11,14). The van der Waals surface area contributed by atoms with Crippen molar-refractivity contribution in [2.75, 3.05) is 26.0 Å². The van der Waals surface area contributed by atoms with Crippen LogP contribution in [-0.2, 0) is 16.1 Å². The molecule has 1 rings (SSSR count). The maximum atomic E-state index is 11.2. The highest BCUT2D eigenvalue weighted by Crippen LogP contribution is 1.96. The van der Waals surface area contributed by atoms with E-state index in [4.69, 9.17) is 10.5 Å². The lowest BCUT2D eigenvalue weighted by Crippen LogP contribution is -2.28. The maximum Gasteiger partial charge on any atom is 0.222 e. The molecule has 1 aromatic rings. The first-order chi connectivity index (χ1) is 7.22. The Labute approximate surface area is 88.4 Å². The van der Waals surface area contributed by atoms with Gasteiger partial charge in [0, 0.05) is 26.3 Å². The van der Waals surface area contributed by atoms with Crippen LogP contribution in [0, 0.1) is 0 Å². The van der Waals surface area contributed by atoms with Crippen LogP contribution in [0.25, 0.3) is 0 Å². The normalized spacial score (nSPS) is 10.2. The summed E-state index contributed by atoms with van der Waals surface area (Å²) in [5, 5.41) is 6.75. The molecule has 0 aliphatic heterocycles. The van der Waals surface area contributed by atoms with Gasteiger partial charge in [0.2, 0.25) is 5.91 Å². The van der Waals surface area contributed by atoms with Crippen LogP contribution in [0.15, 0.2) is 12.4 Å². The number of nitrogens with zero attached hydrogens (tertiary/aromatic N) is 2. The van der Waals surface area contributed by atoms with E-state index < -0.39 is 0 Å². The van der Waals surface area contributed by atoms with Gasteiger partial charge in [-0.05, 0) is 0 Å². The number of nitrogens with two attached hydrogens (primary N) is 1. The number of amides is 1. The summed E-state index contributed by atoms with van der Waals surface area (Å²) in [6.45, 7) is 1.61. The molecule has 3 N–H and O–H groups in total. The van der Waals surface area contributed by atoms with E-state index >= 15 is 0 Å². The molecule has 1 amide bonds. The number of ether oxygens (including phenoxy) is 1. The predicted octanol–water partition coefficient (Wildman–Crippen LogP) is -0.382. The molecule has 1 aromatic heterocycles. The minimum atomic E-state index is -0.0167. The Balaban J connectivity index is 2.13. The van der Waals surface area contributed by atoms with Crippen molar-refractivity contribution in [3.8, 4) is 0 Å². The number of carbonyl (C=O) groups excluding carboxylic acids is 1. The van der Waals surface area contributed by atoms with E-state index in [0.29, 0.717) is 31.8 Å². The monoisotopic (exact) mass is 212 g/mol. The van der Waals surface area contributed by atoms with Crippen molar-refractivity contribution in [1.29, 1.82) is 0 Å². The van der Waals surface area contributed by atoms with E-state index in [9.17, 15) is 4.79 Å². The van der Waals surface area contributed by atoms with Crippen molar-refractivity contribution in [2.45, 2.75) is 13.0 Å². The van der Waals surface area contributed by atoms with Crippen molar-refractivity contribution in [1.82, 2.24) is 15.1 Å². The third-order valence-electron chi connectivity index (χ3n) is 1.85. The number of aromatic nitrogens is 2. The zero-order valence-corrected chi connectivity index (χ0v) is 8.77. The third-order valence-corrected chi connectivity index (χ3v) is 1.85. The molecular weight excluding hydrogens is 196 g/mol. The van der Waals surface area contributed by atoms with Gasteiger partial charge in [-0.15, -0.1) is 0 Å². The second kappa shape index (κ2) is 6.02. The summed E-state index contributed by atoms with van der Waals surface area (Å²) < 4.78 is 6.47. The van der Waals surface area contributed by atoms with E-state index in [-0.39, 0.29) is 5.91 Å². The van der Waals surface area contributed by atoms with Gasteiger partial charge in [-0.2, -0.15) is 5.10 Å². The summed E-state index contributed by atoms with van der Waals surface area (Å²) >= 11 is 0. The van der Waals surface area contributed by atoms with Gasteiger partial charge in [-0.25, -0.2) is 0 Å². The van der Waals surface area contributed by atoms with Crippen LogP contribution in [0.5, 0.6) is 0 Å². The molecule has 0 radical (unpaired) electrons. The van der Waals surface area contributed by atoms with Gasteiger partial charge in [0.1, 0.15) is 0 Å². The fourth-order valence-corrected chi connectivity index (χ4v) is 1.09. The first-order valence-electron chi connectivity index (χ1n) is 4.76. The SMILES string of the molecule is COCCC(=O)NCCn1cc(N)cn1. The molecule has 0 aliphatic rings. The van der Waals surface area contributed by atoms with Crippen molar-refractivity contribution in [2.24, 2.45) is 0 Å². The van der Waals surface area contributed by atoms with Crippen molar-refractivity contribution < 1.29 is 9.53 Å². The maximum absolute atomic E-state index is 11.2. The lowest BCUT2D eigenvalue weighted by Gasteiger charge is -2.04. The fraction of sp³-hybridized carbons (Fsp3) is 0.556. The average Bonchev–Trinajstić information content (AvgIpc) is 2.61. The molecule has 0 bridgehead atoms. The van der Waals surface area contributed by atoms with Gasteiger partial charge in [0.25, 0.3) is 0 Å². The van der Waals surface area contributed by atoms with E-state index in [1.807, 2.05) is 0 Å². The van der Waals surface area contributed by atoms with Crippen LogP contribution >= 0.6 is 0 Å². The van der Waals surface area contributed by atoms with E-state index in [1.54, 1.807) is 24.2 Å². The number of anilines is 1. The molecule has 84 valence electrons. The van der Waals surface area contributed by atoms with Crippen LogP contribution < -0.4 is 11.1 Å². The smallest absolute Gasteiger partial charge is 0.222 e. The summed E-state index contributed by atoms with van der Waals surface area (Å²) in [6.07, 6.45) is 3.69. The highest BCUT2D eigenvalue weighted by atomic mass is 16.5. The van der Waals surface area contributed by atoms with Crippen LogP contribution in [0.1, 0.15) is 6.42 Å². The lowest BCUT2D eigenvalue weighted by atomic mass is 10.4. The average molecular weight is 212 g/mol. The minimum Gasteiger partial charge on any atom is -0.396 e. The Morgan fingerprint density at radius 1 is 1.73 bits per heavy atom. The molecule has 0 spiro atoms. The quantitative estimate of drug-likeness (QED) is 0.673. The largest absolute Gasteiger partial charge is 0.396 e. The Morgan fingerprint density at radius 3 is 3.13 bits per heavy atom. The summed E-state index contributed by atoms with van der Waals surface area (Å²) in [5.41, 5.74) is 6.11. The molecule has 0 aliphatic carbocycles. The zero-order valence-electron chi connectivity index (χ0n) is 8.77. The Bertz CT molecular complexity index is 311. The summed E-state index contributed by atoms with van der Waals surface area (Å²) in [6, 6.07) is 0. The minimum absolute atomic E-state index is 0.0167. The summed E-state index contributed by atoms with van der Waals surface area (Å²) in [5.74, 6) is -0.0167. The number of hydrogen-bond acceptors (Lipinski definition) is 4. The Morgan fingerprint density at radius 2 is 2.53 bits per heavy atom. The molecule has 6 heteroatoms. The van der Waals surface area contributed by atoms with Crippen molar-refractivity contribution >= 4 is 11.6 Å². The third kappa shape index (κ3) is 4.46. The zero-order chi connectivity index (χ0) is 11.1. The second-order valence-electron chi connectivity index (χ2n) is 3.13. The van der Waals surface area contributed by atoms with Gasteiger partial charge in [0.15, 0.2) is 0 Å². The number of methoxy groups -OCH3 is 1. The highest BCUT2D eigenvalue weighted by Gasteiger charge is 2.00. The summed E-state index contributed by atoms with van der Waals surface area (Å²) in [7, 11) is 1.57. The molecule has 0 unspecified atom stereocenters. The predicted molar refractivity (Wildman–Crippen MR) is 56.1 cm³/mol. The van der Waals surface area contributed by atoms with Gasteiger partial charge in [-0.1, -0.05) is 0 Å². The number of rotatable bonds is 6. The first kappa shape index (κ1) is 11.5. The highest BCUT2D eigenvalue weighted by molar-refractivity contribution is 5.75. The molecule has 0 aromatic carbocycles. The lowest BCUT2D eigenvalue weighted by molar-refractivity contribution is -0.121. The van der Waals surface area contributed by atoms with Crippen LogP contribution in [0.4, 0.5) is 5.69 Å². The molecule has 15 heavy (non-hydrogen) atoms. The van der Waals surface area contributed by atoms with Crippen LogP contribution in [0.3, 0.4) is 0 Å². The molecule has 6 nitrogen and oxygen atoms in total. The fourth-order valence-electron chi connectivity index (χ4n) is 1.09. The van der Waals surface area contributed by atoms with E-state index in [1.165, 1.54) is 0 Å². The van der Waals surface area contributed by atoms with Crippen LogP contribution in [-0.4, -0.2) is 35.9 Å². The molecular formula is C9H16N4O2. The van der Waals surface area contributed by atoms with E-state index in [2.05, 4.69) is 10.4 Å². The number of nitrogen functional groups attached to an aromatic ring is 1.